The molecule has 66 valence electrons. The van der Waals surface area contributed by atoms with Crippen molar-refractivity contribution in [1.82, 2.24) is 0 Å². The molecule has 0 aliphatic heterocycles. The normalized spacial score (nSPS) is 18.3. The molecule has 0 N–H and O–H groups in total. The van der Waals surface area contributed by atoms with Crippen LogP contribution < -0.4 is 0 Å². The first-order valence-corrected chi connectivity index (χ1v) is 4.77. The van der Waals surface area contributed by atoms with Gasteiger partial charge in [0.15, 0.2) is 0 Å². The molecule has 0 aromatic heterocycles. The monoisotopic (exact) mass is 162 g/mol. The molecular formula is C12H18. The van der Waals surface area contributed by atoms with Gasteiger partial charge < -0.3 is 0 Å². The third kappa shape index (κ3) is 2.10. The number of allylic oxidation sites excluding steroid dienone is 5. The van der Waals surface area contributed by atoms with Gasteiger partial charge in [-0.25, -0.2) is 0 Å². The second-order valence-electron chi connectivity index (χ2n) is 3.45. The van der Waals surface area contributed by atoms with E-state index in [1.54, 1.807) is 5.57 Å². The molecule has 1 aliphatic rings. The maximum atomic E-state index is 4.07. The zero-order valence-electron chi connectivity index (χ0n) is 8.19. The summed E-state index contributed by atoms with van der Waals surface area (Å²) >= 11 is 0. The van der Waals surface area contributed by atoms with E-state index in [0.717, 1.165) is 12.8 Å². The van der Waals surface area contributed by atoms with E-state index in [4.69, 9.17) is 0 Å². The van der Waals surface area contributed by atoms with Crippen molar-refractivity contribution in [3.63, 3.8) is 0 Å². The summed E-state index contributed by atoms with van der Waals surface area (Å²) in [6.45, 7) is 8.47. The Kier molecular flexibility index (Phi) is 3.33. The summed E-state index contributed by atoms with van der Waals surface area (Å²) in [5.74, 6) is 0. The minimum absolute atomic E-state index is 1.10. The Morgan fingerprint density at radius 3 is 2.58 bits per heavy atom. The van der Waals surface area contributed by atoms with Gasteiger partial charge in [-0.05, 0) is 38.2 Å². The van der Waals surface area contributed by atoms with Crippen LogP contribution in [0.2, 0.25) is 0 Å². The van der Waals surface area contributed by atoms with Crippen LogP contribution in [-0.2, 0) is 0 Å². The van der Waals surface area contributed by atoms with Gasteiger partial charge in [-0.15, -0.1) is 0 Å². The second-order valence-corrected chi connectivity index (χ2v) is 3.45. The molecule has 0 bridgehead atoms. The molecule has 0 spiro atoms. The highest BCUT2D eigenvalue weighted by Gasteiger charge is 2.12. The molecule has 0 nitrogen and oxygen atoms in total. The molecule has 0 atom stereocenters. The molecule has 0 amide bonds. The average Bonchev–Trinajstić information content (AvgIpc) is 2.35. The minimum Gasteiger partial charge on any atom is -0.0955 e. The van der Waals surface area contributed by atoms with Gasteiger partial charge in [0, 0.05) is 0 Å². The molecule has 0 heterocycles. The molecule has 0 saturated heterocycles. The molecule has 0 saturated carbocycles. The lowest BCUT2D eigenvalue weighted by Crippen LogP contribution is -1.80. The first-order valence-electron chi connectivity index (χ1n) is 4.77. The summed E-state index contributed by atoms with van der Waals surface area (Å²) in [7, 11) is 0. The van der Waals surface area contributed by atoms with E-state index in [9.17, 15) is 0 Å². The van der Waals surface area contributed by atoms with E-state index in [1.807, 2.05) is 0 Å². The van der Waals surface area contributed by atoms with Crippen LogP contribution in [-0.4, -0.2) is 0 Å². The molecule has 0 fully saturated rings. The number of hydrogen-bond acceptors (Lipinski definition) is 0. The van der Waals surface area contributed by atoms with Gasteiger partial charge in [-0.3, -0.25) is 0 Å². The molecule has 0 aromatic rings. The fraction of sp³-hybridized carbons (Fsp3) is 0.500. The molecule has 1 rings (SSSR count). The summed E-state index contributed by atoms with van der Waals surface area (Å²) in [6, 6.07) is 0. The van der Waals surface area contributed by atoms with Crippen LogP contribution in [0.4, 0.5) is 0 Å². The molecule has 0 radical (unpaired) electrons. The zero-order valence-corrected chi connectivity index (χ0v) is 8.19. The summed E-state index contributed by atoms with van der Waals surface area (Å²) in [5, 5.41) is 0. The van der Waals surface area contributed by atoms with E-state index in [-0.39, 0.29) is 0 Å². The van der Waals surface area contributed by atoms with Gasteiger partial charge in [0.2, 0.25) is 0 Å². The summed E-state index contributed by atoms with van der Waals surface area (Å²) < 4.78 is 0. The van der Waals surface area contributed by atoms with E-state index in [2.05, 4.69) is 32.6 Å². The summed E-state index contributed by atoms with van der Waals surface area (Å²) in [6.07, 6.45) is 9.13. The maximum Gasteiger partial charge on any atom is -0.00955 e. The van der Waals surface area contributed by atoms with Crippen LogP contribution in [0.3, 0.4) is 0 Å². The lowest BCUT2D eigenvalue weighted by molar-refractivity contribution is 1.01. The summed E-state index contributed by atoms with van der Waals surface area (Å²) in [4.78, 5) is 0. The van der Waals surface area contributed by atoms with E-state index in [0.29, 0.717) is 0 Å². The lowest BCUT2D eigenvalue weighted by Gasteiger charge is -2.00. The average molecular weight is 162 g/mol. The third-order valence-electron chi connectivity index (χ3n) is 2.47. The van der Waals surface area contributed by atoms with E-state index >= 15 is 0 Å². The van der Waals surface area contributed by atoms with Gasteiger partial charge >= 0.3 is 0 Å². The lowest BCUT2D eigenvalue weighted by atomic mass is 10.1. The van der Waals surface area contributed by atoms with Crippen LogP contribution in [0.15, 0.2) is 35.5 Å². The summed E-state index contributed by atoms with van der Waals surface area (Å²) in [5.41, 5.74) is 4.40. The predicted molar refractivity (Wildman–Crippen MR) is 55.1 cm³/mol. The van der Waals surface area contributed by atoms with Crippen molar-refractivity contribution in [3.8, 4) is 0 Å². The SMILES string of the molecule is C=C1CCC(C)=C1C/C=C\CC. The topological polar surface area (TPSA) is 0 Å². The highest BCUT2D eigenvalue weighted by molar-refractivity contribution is 5.39. The van der Waals surface area contributed by atoms with Crippen molar-refractivity contribution in [2.24, 2.45) is 0 Å². The predicted octanol–water partition coefficient (Wildman–Crippen LogP) is 4.01. The van der Waals surface area contributed by atoms with Gasteiger partial charge in [0.05, 0.1) is 0 Å². The van der Waals surface area contributed by atoms with Crippen molar-refractivity contribution in [2.45, 2.75) is 39.5 Å². The van der Waals surface area contributed by atoms with Crippen molar-refractivity contribution in [3.05, 3.63) is 35.5 Å². The van der Waals surface area contributed by atoms with E-state index < -0.39 is 0 Å². The van der Waals surface area contributed by atoms with Gasteiger partial charge in [0.25, 0.3) is 0 Å². The van der Waals surface area contributed by atoms with Crippen molar-refractivity contribution in [1.29, 1.82) is 0 Å². The first kappa shape index (κ1) is 9.31. The number of rotatable bonds is 3. The van der Waals surface area contributed by atoms with Crippen molar-refractivity contribution < 1.29 is 0 Å². The standard InChI is InChI=1S/C12H18/c1-4-5-6-7-12-10(2)8-9-11(12)3/h5-6H,2,4,7-9H2,1,3H3/b6-5-. The number of hydrogen-bond donors (Lipinski definition) is 0. The molecule has 0 unspecified atom stereocenters. The zero-order chi connectivity index (χ0) is 8.97. The molecule has 0 heteroatoms. The van der Waals surface area contributed by atoms with E-state index in [1.165, 1.54) is 24.0 Å². The Hall–Kier alpha value is -0.780. The maximum absolute atomic E-state index is 4.07. The highest BCUT2D eigenvalue weighted by Crippen LogP contribution is 2.31. The highest BCUT2D eigenvalue weighted by atomic mass is 14.2. The van der Waals surface area contributed by atoms with Gasteiger partial charge in [0.1, 0.15) is 0 Å². The fourth-order valence-corrected chi connectivity index (χ4v) is 1.63. The van der Waals surface area contributed by atoms with Crippen LogP contribution in [0.1, 0.15) is 39.5 Å². The Morgan fingerprint density at radius 2 is 2.08 bits per heavy atom. The Morgan fingerprint density at radius 1 is 1.33 bits per heavy atom. The smallest absolute Gasteiger partial charge is 0.00955 e. The molecule has 1 aliphatic carbocycles. The Balaban J connectivity index is 2.55. The Bertz CT molecular complexity index is 228. The first-order chi connectivity index (χ1) is 5.75. The third-order valence-corrected chi connectivity index (χ3v) is 2.47. The quantitative estimate of drug-likeness (QED) is 0.550. The molecule has 0 aromatic carbocycles. The Labute approximate surface area is 75.7 Å². The van der Waals surface area contributed by atoms with Crippen LogP contribution in [0.25, 0.3) is 0 Å². The second kappa shape index (κ2) is 4.30. The van der Waals surface area contributed by atoms with Crippen LogP contribution >= 0.6 is 0 Å². The van der Waals surface area contributed by atoms with Crippen LogP contribution in [0, 0.1) is 0 Å². The van der Waals surface area contributed by atoms with Gasteiger partial charge in [-0.2, -0.15) is 0 Å². The molecular weight excluding hydrogens is 144 g/mol. The molecule has 12 heavy (non-hydrogen) atoms. The fourth-order valence-electron chi connectivity index (χ4n) is 1.63. The minimum atomic E-state index is 1.10. The van der Waals surface area contributed by atoms with Crippen molar-refractivity contribution in [2.75, 3.05) is 0 Å². The van der Waals surface area contributed by atoms with Crippen molar-refractivity contribution >= 4 is 0 Å². The van der Waals surface area contributed by atoms with Crippen LogP contribution in [0.5, 0.6) is 0 Å². The largest absolute Gasteiger partial charge is 0.0955 e. The van der Waals surface area contributed by atoms with Gasteiger partial charge in [-0.1, -0.05) is 36.8 Å².